The van der Waals surface area contributed by atoms with Gasteiger partial charge >= 0.3 is 12.0 Å². The van der Waals surface area contributed by atoms with Gasteiger partial charge < -0.3 is 10.0 Å². The predicted molar refractivity (Wildman–Crippen MR) is 82.9 cm³/mol. The molecule has 6 heteroatoms. The summed E-state index contributed by atoms with van der Waals surface area (Å²) in [6.45, 7) is 0. The molecule has 2 heterocycles. The molecular formula is C15H18N2O3S. The maximum absolute atomic E-state index is 12.8. The molecule has 2 aliphatic heterocycles. The first-order valence-electron chi connectivity index (χ1n) is 7.04. The Kier molecular flexibility index (Phi) is 3.80. The van der Waals surface area contributed by atoms with Gasteiger partial charge in [0.1, 0.15) is 6.04 Å². The van der Waals surface area contributed by atoms with Crippen LogP contribution in [0, 0.1) is 0 Å². The van der Waals surface area contributed by atoms with Gasteiger partial charge in [0, 0.05) is 31.0 Å². The SMILES string of the molecule is CN(C(=O)N1c2ccccc2CC1C(=O)O)C1CCSC1. The monoisotopic (exact) mass is 306 g/mol. The summed E-state index contributed by atoms with van der Waals surface area (Å²) >= 11 is 1.83. The minimum Gasteiger partial charge on any atom is -0.480 e. The Morgan fingerprint density at radius 3 is 2.81 bits per heavy atom. The van der Waals surface area contributed by atoms with E-state index in [1.54, 1.807) is 11.9 Å². The molecule has 1 saturated heterocycles. The van der Waals surface area contributed by atoms with Gasteiger partial charge in [0.2, 0.25) is 0 Å². The number of fused-ring (bicyclic) bond motifs is 1. The average Bonchev–Trinajstić information content (AvgIpc) is 3.12. The second-order valence-corrected chi connectivity index (χ2v) is 6.62. The molecule has 2 aliphatic rings. The molecule has 1 fully saturated rings. The Labute approximate surface area is 127 Å². The highest BCUT2D eigenvalue weighted by Crippen LogP contribution is 2.34. The van der Waals surface area contributed by atoms with Gasteiger partial charge in [-0.15, -0.1) is 0 Å². The Hall–Kier alpha value is -1.69. The second-order valence-electron chi connectivity index (χ2n) is 5.47. The van der Waals surface area contributed by atoms with Gasteiger partial charge in [0.05, 0.1) is 0 Å². The third-order valence-electron chi connectivity index (χ3n) is 4.22. The van der Waals surface area contributed by atoms with Crippen molar-refractivity contribution in [2.24, 2.45) is 0 Å². The molecule has 0 aliphatic carbocycles. The first-order chi connectivity index (χ1) is 10.1. The number of hydrogen-bond donors (Lipinski definition) is 1. The number of benzene rings is 1. The first-order valence-corrected chi connectivity index (χ1v) is 8.19. The van der Waals surface area contributed by atoms with E-state index >= 15 is 0 Å². The molecule has 1 aromatic rings. The van der Waals surface area contributed by atoms with Crippen molar-refractivity contribution in [2.45, 2.75) is 24.9 Å². The number of carboxylic acids is 1. The summed E-state index contributed by atoms with van der Waals surface area (Å²) < 4.78 is 0. The molecule has 0 spiro atoms. The van der Waals surface area contributed by atoms with Crippen LogP contribution >= 0.6 is 11.8 Å². The van der Waals surface area contributed by atoms with Crippen molar-refractivity contribution in [3.63, 3.8) is 0 Å². The summed E-state index contributed by atoms with van der Waals surface area (Å²) in [6, 6.07) is 6.63. The summed E-state index contributed by atoms with van der Waals surface area (Å²) in [4.78, 5) is 27.5. The second kappa shape index (κ2) is 5.60. The molecule has 2 amide bonds. The number of anilines is 1. The van der Waals surface area contributed by atoms with Crippen molar-refractivity contribution >= 4 is 29.4 Å². The normalized spacial score (nSPS) is 24.0. The molecule has 3 rings (SSSR count). The molecule has 2 unspecified atom stereocenters. The van der Waals surface area contributed by atoms with Crippen LogP contribution in [-0.4, -0.2) is 52.6 Å². The summed E-state index contributed by atoms with van der Waals surface area (Å²) in [5, 5.41) is 9.44. The van der Waals surface area contributed by atoms with Gasteiger partial charge in [-0.2, -0.15) is 11.8 Å². The van der Waals surface area contributed by atoms with E-state index in [1.165, 1.54) is 4.90 Å². The number of thioether (sulfide) groups is 1. The number of aliphatic carboxylic acids is 1. The van der Waals surface area contributed by atoms with Crippen molar-refractivity contribution in [2.75, 3.05) is 23.5 Å². The van der Waals surface area contributed by atoms with Crippen LogP contribution in [0.25, 0.3) is 0 Å². The molecule has 2 atom stereocenters. The zero-order chi connectivity index (χ0) is 15.0. The smallest absolute Gasteiger partial charge is 0.327 e. The lowest BCUT2D eigenvalue weighted by molar-refractivity contribution is -0.138. The topological polar surface area (TPSA) is 60.9 Å². The van der Waals surface area contributed by atoms with Crippen molar-refractivity contribution < 1.29 is 14.7 Å². The van der Waals surface area contributed by atoms with Gasteiger partial charge in [-0.05, 0) is 23.8 Å². The molecule has 112 valence electrons. The fourth-order valence-electron chi connectivity index (χ4n) is 2.97. The molecular weight excluding hydrogens is 288 g/mol. The van der Waals surface area contributed by atoms with Gasteiger partial charge in [-0.3, -0.25) is 4.90 Å². The van der Waals surface area contributed by atoms with E-state index in [0.29, 0.717) is 6.42 Å². The number of nitrogens with zero attached hydrogens (tertiary/aromatic N) is 2. The molecule has 0 radical (unpaired) electrons. The van der Waals surface area contributed by atoms with E-state index in [4.69, 9.17) is 0 Å². The Morgan fingerprint density at radius 1 is 1.38 bits per heavy atom. The largest absolute Gasteiger partial charge is 0.480 e. The first kappa shape index (κ1) is 14.3. The van der Waals surface area contributed by atoms with Crippen LogP contribution in [0.15, 0.2) is 24.3 Å². The van der Waals surface area contributed by atoms with Crippen LogP contribution in [0.3, 0.4) is 0 Å². The molecule has 1 N–H and O–H groups in total. The van der Waals surface area contributed by atoms with Crippen LogP contribution in [0.1, 0.15) is 12.0 Å². The van der Waals surface area contributed by atoms with Crippen molar-refractivity contribution in [1.29, 1.82) is 0 Å². The molecule has 21 heavy (non-hydrogen) atoms. The number of rotatable bonds is 2. The number of urea groups is 1. The van der Waals surface area contributed by atoms with Gasteiger partial charge in [0.25, 0.3) is 0 Å². The van der Waals surface area contributed by atoms with E-state index in [2.05, 4.69) is 0 Å². The van der Waals surface area contributed by atoms with E-state index in [9.17, 15) is 14.7 Å². The highest BCUT2D eigenvalue weighted by Gasteiger charge is 2.40. The fraction of sp³-hybridized carbons (Fsp3) is 0.467. The third kappa shape index (κ3) is 2.48. The minimum atomic E-state index is -0.950. The molecule has 0 aromatic heterocycles. The highest BCUT2D eigenvalue weighted by molar-refractivity contribution is 7.99. The van der Waals surface area contributed by atoms with E-state index < -0.39 is 12.0 Å². The summed E-state index contributed by atoms with van der Waals surface area (Å²) in [7, 11) is 1.78. The Bertz CT molecular complexity index is 572. The lowest BCUT2D eigenvalue weighted by Gasteiger charge is -2.31. The predicted octanol–water partition coefficient (Wildman–Crippen LogP) is 2.06. The third-order valence-corrected chi connectivity index (χ3v) is 5.37. The molecule has 0 bridgehead atoms. The van der Waals surface area contributed by atoms with Crippen LogP contribution in [0.2, 0.25) is 0 Å². The maximum Gasteiger partial charge on any atom is 0.327 e. The van der Waals surface area contributed by atoms with Crippen LogP contribution in [0.4, 0.5) is 10.5 Å². The van der Waals surface area contributed by atoms with Crippen LogP contribution < -0.4 is 4.90 Å². The summed E-state index contributed by atoms with van der Waals surface area (Å²) in [6.07, 6.45) is 1.35. The van der Waals surface area contributed by atoms with Gasteiger partial charge in [-0.25, -0.2) is 9.59 Å². The number of carboxylic acid groups (broad SMARTS) is 1. The maximum atomic E-state index is 12.8. The number of hydrogen-bond acceptors (Lipinski definition) is 3. The summed E-state index contributed by atoms with van der Waals surface area (Å²) in [5.41, 5.74) is 1.65. The Balaban J connectivity index is 1.90. The zero-order valence-electron chi connectivity index (χ0n) is 11.9. The average molecular weight is 306 g/mol. The van der Waals surface area contributed by atoms with E-state index in [0.717, 1.165) is 29.2 Å². The molecule has 5 nitrogen and oxygen atoms in total. The number of para-hydroxylation sites is 1. The quantitative estimate of drug-likeness (QED) is 0.908. The van der Waals surface area contributed by atoms with Crippen LogP contribution in [-0.2, 0) is 11.2 Å². The van der Waals surface area contributed by atoms with Crippen molar-refractivity contribution in [3.8, 4) is 0 Å². The number of carbonyl (C=O) groups excluding carboxylic acids is 1. The van der Waals surface area contributed by atoms with Gasteiger partial charge in [0.15, 0.2) is 0 Å². The summed E-state index contributed by atoms with van der Waals surface area (Å²) in [5.74, 6) is 1.03. The van der Waals surface area contributed by atoms with Gasteiger partial charge in [-0.1, -0.05) is 18.2 Å². The molecule has 1 aromatic carbocycles. The lowest BCUT2D eigenvalue weighted by Crippen LogP contribution is -2.51. The van der Waals surface area contributed by atoms with Crippen LogP contribution in [0.5, 0.6) is 0 Å². The standard InChI is InChI=1S/C15H18N2O3S/c1-16(11-6-7-21-9-11)15(20)17-12-5-3-2-4-10(12)8-13(17)14(18)19/h2-5,11,13H,6-9H2,1H3,(H,18,19). The highest BCUT2D eigenvalue weighted by atomic mass is 32.2. The van der Waals surface area contributed by atoms with Crippen molar-refractivity contribution in [3.05, 3.63) is 29.8 Å². The number of carbonyl (C=O) groups is 2. The van der Waals surface area contributed by atoms with E-state index in [-0.39, 0.29) is 12.1 Å². The minimum absolute atomic E-state index is 0.199. The Morgan fingerprint density at radius 2 is 2.14 bits per heavy atom. The lowest BCUT2D eigenvalue weighted by atomic mass is 10.1. The van der Waals surface area contributed by atoms with E-state index in [1.807, 2.05) is 36.0 Å². The fourth-order valence-corrected chi connectivity index (χ4v) is 4.24. The zero-order valence-corrected chi connectivity index (χ0v) is 12.7. The molecule has 0 saturated carbocycles. The van der Waals surface area contributed by atoms with Crippen molar-refractivity contribution in [1.82, 2.24) is 4.90 Å². The number of amides is 2.